The zero-order chi connectivity index (χ0) is 14.1. The molecule has 106 valence electrons. The number of nitrogens with one attached hydrogen (secondary N) is 2. The molecule has 0 saturated heterocycles. The van der Waals surface area contributed by atoms with Gasteiger partial charge in [0.2, 0.25) is 10.0 Å². The Bertz CT molecular complexity index is 559. The average molecular weight is 282 g/mol. The van der Waals surface area contributed by atoms with Gasteiger partial charge < -0.3 is 5.32 Å². The predicted molar refractivity (Wildman–Crippen MR) is 80.1 cm³/mol. The summed E-state index contributed by atoms with van der Waals surface area (Å²) in [4.78, 5) is 0. The fourth-order valence-electron chi connectivity index (χ4n) is 2.04. The molecule has 1 aromatic carbocycles. The first-order chi connectivity index (χ1) is 8.75. The van der Waals surface area contributed by atoms with Gasteiger partial charge >= 0.3 is 0 Å². The molecule has 0 saturated carbocycles. The Kier molecular flexibility index (Phi) is 3.76. The van der Waals surface area contributed by atoms with Crippen molar-refractivity contribution >= 4 is 21.4 Å². The number of sulfonamides is 1. The van der Waals surface area contributed by atoms with Gasteiger partial charge in [0, 0.05) is 17.9 Å². The van der Waals surface area contributed by atoms with Crippen LogP contribution in [0.4, 0.5) is 11.4 Å². The van der Waals surface area contributed by atoms with Crippen molar-refractivity contribution in [1.82, 2.24) is 0 Å². The number of benzene rings is 1. The lowest BCUT2D eigenvalue weighted by Crippen LogP contribution is -2.20. The highest BCUT2D eigenvalue weighted by Gasteiger charge is 2.18. The quantitative estimate of drug-likeness (QED) is 0.893. The third-order valence-corrected chi connectivity index (χ3v) is 4.50. The summed E-state index contributed by atoms with van der Waals surface area (Å²) in [7, 11) is -3.26. The molecule has 4 nitrogen and oxygen atoms in total. The smallest absolute Gasteiger partial charge is 0.232 e. The minimum atomic E-state index is -3.26. The molecule has 1 aromatic rings. The van der Waals surface area contributed by atoms with Gasteiger partial charge in [0.1, 0.15) is 0 Å². The van der Waals surface area contributed by atoms with Crippen LogP contribution in [-0.4, -0.2) is 20.7 Å². The highest BCUT2D eigenvalue weighted by molar-refractivity contribution is 7.92. The Balaban J connectivity index is 2.04. The lowest BCUT2D eigenvalue weighted by molar-refractivity contribution is 0.397. The zero-order valence-corrected chi connectivity index (χ0v) is 12.6. The van der Waals surface area contributed by atoms with Gasteiger partial charge in [-0.3, -0.25) is 4.72 Å². The second kappa shape index (κ2) is 5.04. The second-order valence-electron chi connectivity index (χ2n) is 6.28. The largest absolute Gasteiger partial charge is 0.384 e. The molecular weight excluding hydrogens is 260 g/mol. The minimum absolute atomic E-state index is 0.0244. The molecule has 0 aliphatic carbocycles. The molecule has 0 spiro atoms. The van der Waals surface area contributed by atoms with Crippen molar-refractivity contribution in [1.29, 1.82) is 0 Å². The van der Waals surface area contributed by atoms with E-state index in [2.05, 4.69) is 10.0 Å². The van der Waals surface area contributed by atoms with Crippen molar-refractivity contribution in [3.63, 3.8) is 0 Å². The fourth-order valence-corrected chi connectivity index (χ4v) is 3.51. The summed E-state index contributed by atoms with van der Waals surface area (Å²) >= 11 is 0. The summed E-state index contributed by atoms with van der Waals surface area (Å²) < 4.78 is 26.7. The van der Waals surface area contributed by atoms with E-state index in [1.54, 1.807) is 0 Å². The van der Waals surface area contributed by atoms with Gasteiger partial charge in [0.15, 0.2) is 0 Å². The lowest BCUT2D eigenvalue weighted by Gasteiger charge is -2.18. The summed E-state index contributed by atoms with van der Waals surface area (Å²) in [6.45, 7) is 7.06. The van der Waals surface area contributed by atoms with Gasteiger partial charge in [-0.25, -0.2) is 8.42 Å². The van der Waals surface area contributed by atoms with Crippen LogP contribution in [0, 0.1) is 5.41 Å². The van der Waals surface area contributed by atoms with Crippen molar-refractivity contribution in [3.05, 3.63) is 23.8 Å². The second-order valence-corrected chi connectivity index (χ2v) is 8.12. The van der Waals surface area contributed by atoms with Crippen LogP contribution in [0.1, 0.15) is 32.8 Å². The van der Waals surface area contributed by atoms with Crippen LogP contribution in [0.2, 0.25) is 0 Å². The third kappa shape index (κ3) is 4.13. The van der Waals surface area contributed by atoms with Gasteiger partial charge in [-0.1, -0.05) is 20.8 Å². The summed E-state index contributed by atoms with van der Waals surface area (Å²) in [6.07, 6.45) is 1.60. The number of rotatable bonds is 4. The predicted octanol–water partition coefficient (Wildman–Crippen LogP) is 2.83. The topological polar surface area (TPSA) is 58.2 Å². The maximum Gasteiger partial charge on any atom is 0.232 e. The monoisotopic (exact) mass is 282 g/mol. The standard InChI is InChI=1S/C14H22N2O2S/c1-14(2,3)7-9-19(17,18)16-12-4-5-13-11(10-12)6-8-15-13/h4-5,10,15-16H,6-9H2,1-3H3. The summed E-state index contributed by atoms with van der Waals surface area (Å²) in [5.74, 6) is 0.159. The summed E-state index contributed by atoms with van der Waals surface area (Å²) in [6, 6.07) is 5.67. The van der Waals surface area contributed by atoms with E-state index in [-0.39, 0.29) is 11.2 Å². The first kappa shape index (κ1) is 14.2. The van der Waals surface area contributed by atoms with E-state index in [0.717, 1.165) is 18.7 Å². The van der Waals surface area contributed by atoms with Crippen LogP contribution in [0.5, 0.6) is 0 Å². The lowest BCUT2D eigenvalue weighted by atomic mass is 9.94. The molecule has 0 atom stereocenters. The summed E-state index contributed by atoms with van der Waals surface area (Å²) in [5.41, 5.74) is 2.97. The molecule has 5 heteroatoms. The van der Waals surface area contributed by atoms with Gasteiger partial charge in [-0.15, -0.1) is 0 Å². The molecule has 1 aliphatic heterocycles. The van der Waals surface area contributed by atoms with E-state index in [1.165, 1.54) is 5.56 Å². The number of hydrogen-bond acceptors (Lipinski definition) is 3. The molecular formula is C14H22N2O2S. The van der Waals surface area contributed by atoms with Crippen molar-refractivity contribution in [2.24, 2.45) is 5.41 Å². The minimum Gasteiger partial charge on any atom is -0.384 e. The molecule has 1 aliphatic rings. The maximum absolute atomic E-state index is 12.0. The van der Waals surface area contributed by atoms with Gasteiger partial charge in [0.05, 0.1) is 5.75 Å². The van der Waals surface area contributed by atoms with Crippen LogP contribution in [-0.2, 0) is 16.4 Å². The molecule has 0 aromatic heterocycles. The van der Waals surface area contributed by atoms with Crippen molar-refractivity contribution in [3.8, 4) is 0 Å². The molecule has 2 N–H and O–H groups in total. The normalized spacial score (nSPS) is 14.9. The SMILES string of the molecule is CC(C)(C)CCS(=O)(=O)Nc1ccc2c(c1)CCN2. The molecule has 0 amide bonds. The van der Waals surface area contributed by atoms with E-state index in [9.17, 15) is 8.42 Å². The molecule has 0 unspecified atom stereocenters. The van der Waals surface area contributed by atoms with Gasteiger partial charge in [0.25, 0.3) is 0 Å². The summed E-state index contributed by atoms with van der Waals surface area (Å²) in [5, 5.41) is 3.26. The van der Waals surface area contributed by atoms with Gasteiger partial charge in [-0.05, 0) is 42.0 Å². The first-order valence-electron chi connectivity index (χ1n) is 6.62. The molecule has 0 radical (unpaired) electrons. The molecule has 1 heterocycles. The Morgan fingerprint density at radius 3 is 2.74 bits per heavy atom. The Morgan fingerprint density at radius 2 is 2.05 bits per heavy atom. The molecule has 19 heavy (non-hydrogen) atoms. The van der Waals surface area contributed by atoms with Crippen molar-refractivity contribution in [2.45, 2.75) is 33.6 Å². The average Bonchev–Trinajstić information content (AvgIpc) is 2.72. The molecule has 0 fully saturated rings. The first-order valence-corrected chi connectivity index (χ1v) is 8.28. The van der Waals surface area contributed by atoms with E-state index in [0.29, 0.717) is 12.1 Å². The van der Waals surface area contributed by atoms with E-state index in [4.69, 9.17) is 0 Å². The number of hydrogen-bond donors (Lipinski definition) is 2. The highest BCUT2D eigenvalue weighted by Crippen LogP contribution is 2.26. The maximum atomic E-state index is 12.0. The van der Waals surface area contributed by atoms with Crippen LogP contribution in [0.15, 0.2) is 18.2 Å². The zero-order valence-electron chi connectivity index (χ0n) is 11.8. The van der Waals surface area contributed by atoms with E-state index < -0.39 is 10.0 Å². The number of fused-ring (bicyclic) bond motifs is 1. The molecule has 2 rings (SSSR count). The van der Waals surface area contributed by atoms with Crippen LogP contribution in [0.25, 0.3) is 0 Å². The fraction of sp³-hybridized carbons (Fsp3) is 0.571. The Hall–Kier alpha value is -1.23. The Labute approximate surface area is 115 Å². The third-order valence-electron chi connectivity index (χ3n) is 3.21. The van der Waals surface area contributed by atoms with Crippen LogP contribution >= 0.6 is 0 Å². The van der Waals surface area contributed by atoms with Crippen molar-refractivity contribution in [2.75, 3.05) is 22.3 Å². The number of anilines is 2. The Morgan fingerprint density at radius 1 is 1.32 bits per heavy atom. The highest BCUT2D eigenvalue weighted by atomic mass is 32.2. The molecule has 0 bridgehead atoms. The van der Waals surface area contributed by atoms with Crippen molar-refractivity contribution < 1.29 is 8.42 Å². The van der Waals surface area contributed by atoms with Gasteiger partial charge in [-0.2, -0.15) is 0 Å². The van der Waals surface area contributed by atoms with E-state index in [1.807, 2.05) is 39.0 Å². The van der Waals surface area contributed by atoms with Crippen LogP contribution < -0.4 is 10.0 Å². The van der Waals surface area contributed by atoms with E-state index >= 15 is 0 Å². The van der Waals surface area contributed by atoms with Crippen LogP contribution in [0.3, 0.4) is 0 Å².